The van der Waals surface area contributed by atoms with Crippen molar-refractivity contribution in [2.45, 2.75) is 26.7 Å². The van der Waals surface area contributed by atoms with Crippen LogP contribution in [-0.4, -0.2) is 21.7 Å². The van der Waals surface area contributed by atoms with Gasteiger partial charge in [0.1, 0.15) is 5.82 Å². The zero-order valence-corrected chi connectivity index (χ0v) is 8.45. The molecular weight excluding hydrogens is 182 g/mol. The minimum Gasteiger partial charge on any atom is -0.493 e. The molecule has 1 heterocycles. The van der Waals surface area contributed by atoms with E-state index < -0.39 is 0 Å². The monoisotopic (exact) mass is 197 g/mol. The Morgan fingerprint density at radius 1 is 1.43 bits per heavy atom. The van der Waals surface area contributed by atoms with Crippen LogP contribution in [0.2, 0.25) is 0 Å². The zero-order chi connectivity index (χ0) is 10.6. The van der Waals surface area contributed by atoms with E-state index in [0.29, 0.717) is 12.2 Å². The number of rotatable bonds is 4. The van der Waals surface area contributed by atoms with E-state index in [0.717, 1.165) is 12.8 Å². The highest BCUT2D eigenvalue weighted by atomic mass is 16.5. The Morgan fingerprint density at radius 3 is 2.71 bits per heavy atom. The number of aromatic hydroxyl groups is 1. The van der Waals surface area contributed by atoms with Gasteiger partial charge in [-0.2, -0.15) is 9.97 Å². The Kier molecular flexibility index (Phi) is 3.50. The molecule has 0 unspecified atom stereocenters. The lowest BCUT2D eigenvalue weighted by Gasteiger charge is -2.06. The molecule has 0 aliphatic carbocycles. The van der Waals surface area contributed by atoms with Gasteiger partial charge >= 0.3 is 6.01 Å². The summed E-state index contributed by atoms with van der Waals surface area (Å²) < 4.78 is 5.20. The van der Waals surface area contributed by atoms with Gasteiger partial charge in [-0.05, 0) is 13.3 Å². The second kappa shape index (κ2) is 4.64. The summed E-state index contributed by atoms with van der Waals surface area (Å²) in [5, 5.41) is 9.33. The Bertz CT molecular complexity index is 292. The van der Waals surface area contributed by atoms with E-state index in [-0.39, 0.29) is 17.7 Å². The highest BCUT2D eigenvalue weighted by molar-refractivity contribution is 5.44. The summed E-state index contributed by atoms with van der Waals surface area (Å²) in [6, 6.07) is 0.138. The van der Waals surface area contributed by atoms with E-state index >= 15 is 0 Å². The number of nitrogens with two attached hydrogens (primary N) is 1. The SMILES string of the molecule is CCCCOc1nc(N)c(C)c(O)n1. The van der Waals surface area contributed by atoms with Crippen LogP contribution in [0, 0.1) is 6.92 Å². The molecular formula is C9H15N3O2. The van der Waals surface area contributed by atoms with Gasteiger partial charge in [0.2, 0.25) is 5.88 Å². The van der Waals surface area contributed by atoms with Crippen molar-refractivity contribution in [2.75, 3.05) is 12.3 Å². The Morgan fingerprint density at radius 2 is 2.14 bits per heavy atom. The van der Waals surface area contributed by atoms with Crippen molar-refractivity contribution in [3.05, 3.63) is 5.56 Å². The van der Waals surface area contributed by atoms with Crippen LogP contribution in [0.4, 0.5) is 5.82 Å². The fourth-order valence-electron chi connectivity index (χ4n) is 0.873. The normalized spacial score (nSPS) is 10.1. The molecule has 0 atom stereocenters. The molecule has 14 heavy (non-hydrogen) atoms. The van der Waals surface area contributed by atoms with Crippen LogP contribution >= 0.6 is 0 Å². The molecule has 5 nitrogen and oxygen atoms in total. The highest BCUT2D eigenvalue weighted by Gasteiger charge is 2.07. The molecule has 0 aliphatic rings. The van der Waals surface area contributed by atoms with E-state index in [1.165, 1.54) is 0 Å². The van der Waals surface area contributed by atoms with Crippen molar-refractivity contribution in [2.24, 2.45) is 0 Å². The fraction of sp³-hybridized carbons (Fsp3) is 0.556. The molecule has 1 aromatic rings. The number of hydrogen-bond acceptors (Lipinski definition) is 5. The third-order valence-corrected chi connectivity index (χ3v) is 1.87. The predicted octanol–water partition coefficient (Wildman–Crippen LogP) is 1.25. The molecule has 0 radical (unpaired) electrons. The van der Waals surface area contributed by atoms with Crippen molar-refractivity contribution >= 4 is 5.82 Å². The number of ether oxygens (including phenoxy) is 1. The third-order valence-electron chi connectivity index (χ3n) is 1.87. The topological polar surface area (TPSA) is 81.3 Å². The van der Waals surface area contributed by atoms with Gasteiger partial charge in [0.25, 0.3) is 0 Å². The highest BCUT2D eigenvalue weighted by Crippen LogP contribution is 2.20. The van der Waals surface area contributed by atoms with Gasteiger partial charge in [-0.25, -0.2) is 0 Å². The first kappa shape index (κ1) is 10.6. The molecule has 0 bridgehead atoms. The second-order valence-electron chi connectivity index (χ2n) is 3.04. The number of nitrogens with zero attached hydrogens (tertiary/aromatic N) is 2. The first-order valence-corrected chi connectivity index (χ1v) is 4.61. The molecule has 0 saturated heterocycles. The maximum atomic E-state index is 9.33. The van der Waals surface area contributed by atoms with Gasteiger partial charge in [-0.3, -0.25) is 0 Å². The minimum absolute atomic E-state index is 0.121. The summed E-state index contributed by atoms with van der Waals surface area (Å²) in [4.78, 5) is 7.64. The first-order valence-electron chi connectivity index (χ1n) is 4.61. The fourth-order valence-corrected chi connectivity index (χ4v) is 0.873. The van der Waals surface area contributed by atoms with Crippen LogP contribution in [-0.2, 0) is 0 Å². The number of anilines is 1. The third kappa shape index (κ3) is 2.48. The van der Waals surface area contributed by atoms with E-state index in [2.05, 4.69) is 16.9 Å². The Balaban J connectivity index is 2.69. The van der Waals surface area contributed by atoms with E-state index in [1.807, 2.05) is 0 Å². The van der Waals surface area contributed by atoms with Crippen molar-refractivity contribution in [3.63, 3.8) is 0 Å². The zero-order valence-electron chi connectivity index (χ0n) is 8.45. The van der Waals surface area contributed by atoms with Crippen LogP contribution in [0.5, 0.6) is 11.9 Å². The maximum Gasteiger partial charge on any atom is 0.321 e. The summed E-state index contributed by atoms with van der Waals surface area (Å²) in [7, 11) is 0. The number of aromatic nitrogens is 2. The summed E-state index contributed by atoms with van der Waals surface area (Å²) in [5.74, 6) is 0.132. The second-order valence-corrected chi connectivity index (χ2v) is 3.04. The van der Waals surface area contributed by atoms with Crippen LogP contribution in [0.1, 0.15) is 25.3 Å². The largest absolute Gasteiger partial charge is 0.493 e. The van der Waals surface area contributed by atoms with E-state index in [4.69, 9.17) is 10.5 Å². The molecule has 3 N–H and O–H groups in total. The molecule has 0 aromatic carbocycles. The van der Waals surface area contributed by atoms with Crippen molar-refractivity contribution in [1.29, 1.82) is 0 Å². The lowest BCUT2D eigenvalue weighted by Crippen LogP contribution is -2.04. The van der Waals surface area contributed by atoms with Crippen molar-refractivity contribution < 1.29 is 9.84 Å². The number of hydrogen-bond donors (Lipinski definition) is 2. The van der Waals surface area contributed by atoms with Gasteiger partial charge in [-0.1, -0.05) is 13.3 Å². The van der Waals surface area contributed by atoms with Gasteiger partial charge < -0.3 is 15.6 Å². The van der Waals surface area contributed by atoms with Crippen LogP contribution in [0.3, 0.4) is 0 Å². The van der Waals surface area contributed by atoms with Crippen molar-refractivity contribution in [3.8, 4) is 11.9 Å². The molecule has 0 amide bonds. The summed E-state index contributed by atoms with van der Waals surface area (Å²) >= 11 is 0. The van der Waals surface area contributed by atoms with Crippen LogP contribution in [0.15, 0.2) is 0 Å². The number of nitrogen functional groups attached to an aromatic ring is 1. The molecule has 0 saturated carbocycles. The average molecular weight is 197 g/mol. The average Bonchev–Trinajstić information content (AvgIpc) is 2.14. The molecule has 1 aromatic heterocycles. The van der Waals surface area contributed by atoms with Gasteiger partial charge in [0, 0.05) is 0 Å². The quantitative estimate of drug-likeness (QED) is 0.710. The molecule has 0 spiro atoms. The van der Waals surface area contributed by atoms with Gasteiger partial charge in [-0.15, -0.1) is 0 Å². The first-order chi connectivity index (χ1) is 6.65. The van der Waals surface area contributed by atoms with E-state index in [1.54, 1.807) is 6.92 Å². The summed E-state index contributed by atoms with van der Waals surface area (Å²) in [5.41, 5.74) is 6.01. The summed E-state index contributed by atoms with van der Waals surface area (Å²) in [6.07, 6.45) is 1.96. The molecule has 0 fully saturated rings. The smallest absolute Gasteiger partial charge is 0.321 e. The predicted molar refractivity (Wildman–Crippen MR) is 53.2 cm³/mol. The minimum atomic E-state index is -0.121. The van der Waals surface area contributed by atoms with Gasteiger partial charge in [0.05, 0.1) is 12.2 Å². The number of unbranched alkanes of at least 4 members (excludes halogenated alkanes) is 1. The van der Waals surface area contributed by atoms with E-state index in [9.17, 15) is 5.11 Å². The Labute approximate surface area is 82.9 Å². The Hall–Kier alpha value is -1.52. The molecule has 1 rings (SSSR count). The van der Waals surface area contributed by atoms with Gasteiger partial charge in [0.15, 0.2) is 0 Å². The summed E-state index contributed by atoms with van der Waals surface area (Å²) in [6.45, 7) is 4.25. The molecule has 78 valence electrons. The maximum absolute atomic E-state index is 9.33. The van der Waals surface area contributed by atoms with Crippen LogP contribution < -0.4 is 10.5 Å². The van der Waals surface area contributed by atoms with Crippen molar-refractivity contribution in [1.82, 2.24) is 9.97 Å². The lowest BCUT2D eigenvalue weighted by molar-refractivity contribution is 0.280. The lowest BCUT2D eigenvalue weighted by atomic mass is 10.3. The molecule has 0 aliphatic heterocycles. The standard InChI is InChI=1S/C9H15N3O2/c1-3-4-5-14-9-11-7(10)6(2)8(13)12-9/h3-5H2,1-2H3,(H3,10,11,12,13). The van der Waals surface area contributed by atoms with Crippen LogP contribution in [0.25, 0.3) is 0 Å². The molecule has 5 heteroatoms.